The molecule has 2 unspecified atom stereocenters. The Morgan fingerprint density at radius 3 is 2.64 bits per heavy atom. The van der Waals surface area contributed by atoms with Crippen molar-refractivity contribution in [3.05, 3.63) is 64.2 Å². The topological polar surface area (TPSA) is 56.5 Å². The third-order valence-electron chi connectivity index (χ3n) is 5.70. The Morgan fingerprint density at radius 2 is 1.96 bits per heavy atom. The Hall–Kier alpha value is -2.06. The number of benzene rings is 2. The molecule has 0 spiro atoms. The monoisotopic (exact) mass is 398 g/mol. The summed E-state index contributed by atoms with van der Waals surface area (Å²) >= 11 is 6.10. The van der Waals surface area contributed by atoms with E-state index < -0.39 is 6.10 Å². The van der Waals surface area contributed by atoms with Crippen LogP contribution in [0.15, 0.2) is 42.5 Å². The number of likely N-dealkylation sites (tertiary alicyclic amines) is 1. The smallest absolute Gasteiger partial charge is 0.119 e. The van der Waals surface area contributed by atoms with Crippen LogP contribution in [0.5, 0.6) is 5.75 Å². The number of halogens is 1. The van der Waals surface area contributed by atoms with E-state index in [1.54, 1.807) is 18.2 Å². The van der Waals surface area contributed by atoms with Gasteiger partial charge in [0, 0.05) is 30.1 Å². The third-order valence-corrected chi connectivity index (χ3v) is 5.92. The van der Waals surface area contributed by atoms with Crippen LogP contribution in [0.25, 0.3) is 0 Å². The first-order valence-corrected chi connectivity index (χ1v) is 10.1. The first kappa shape index (κ1) is 20.7. The number of hydrogen-bond acceptors (Lipinski definition) is 4. The normalized spacial score (nSPS) is 21.9. The molecule has 1 aliphatic rings. The Labute approximate surface area is 172 Å². The highest BCUT2D eigenvalue weighted by molar-refractivity contribution is 6.30. The van der Waals surface area contributed by atoms with Gasteiger partial charge >= 0.3 is 0 Å². The lowest BCUT2D eigenvalue weighted by molar-refractivity contribution is 0.0672. The highest BCUT2D eigenvalue weighted by Crippen LogP contribution is 2.31. The van der Waals surface area contributed by atoms with Gasteiger partial charge in [0.05, 0.1) is 24.3 Å². The first-order valence-electron chi connectivity index (χ1n) is 9.69. The number of hydrogen-bond donors (Lipinski definition) is 1. The lowest BCUT2D eigenvalue weighted by Gasteiger charge is -2.29. The first-order chi connectivity index (χ1) is 13.4. The van der Waals surface area contributed by atoms with E-state index in [9.17, 15) is 5.11 Å². The van der Waals surface area contributed by atoms with Crippen LogP contribution in [0.2, 0.25) is 5.02 Å². The van der Waals surface area contributed by atoms with Crippen molar-refractivity contribution < 1.29 is 9.84 Å². The van der Waals surface area contributed by atoms with Gasteiger partial charge in [-0.3, -0.25) is 4.90 Å². The van der Waals surface area contributed by atoms with Crippen LogP contribution in [0.1, 0.15) is 36.6 Å². The third kappa shape index (κ3) is 4.86. The maximum atomic E-state index is 10.9. The maximum absolute atomic E-state index is 10.9. The predicted octanol–water partition coefficient (Wildman–Crippen LogP) is 4.59. The molecule has 2 aromatic rings. The predicted molar refractivity (Wildman–Crippen MR) is 111 cm³/mol. The molecule has 28 heavy (non-hydrogen) atoms. The average Bonchev–Trinajstić information content (AvgIpc) is 3.06. The Bertz CT molecular complexity index is 847. The zero-order valence-electron chi connectivity index (χ0n) is 16.6. The minimum atomic E-state index is -0.699. The molecule has 2 aromatic carbocycles. The molecule has 4 nitrogen and oxygen atoms in total. The minimum absolute atomic E-state index is 0.0724. The molecule has 0 radical (unpaired) electrons. The van der Waals surface area contributed by atoms with Gasteiger partial charge in [-0.25, -0.2) is 0 Å². The number of nitrogens with zero attached hydrogens (tertiary/aromatic N) is 2. The zero-order chi connectivity index (χ0) is 20.3. The van der Waals surface area contributed by atoms with Crippen LogP contribution in [0.4, 0.5) is 0 Å². The molecule has 1 heterocycles. The van der Waals surface area contributed by atoms with Gasteiger partial charge < -0.3 is 9.84 Å². The van der Waals surface area contributed by atoms with Crippen LogP contribution in [0.3, 0.4) is 0 Å². The molecule has 1 N–H and O–H groups in total. The van der Waals surface area contributed by atoms with Gasteiger partial charge in [0.1, 0.15) is 5.75 Å². The standard InChI is InChI=1S/C23H27ClN2O2/c1-15-4-6-22(7-5-15)28-14-20-13-26(12-16(20)2)17(3)23(27)19-8-18(11-25)9-21(24)10-19/h4-10,16-17,20,23,27H,12-14H2,1-3H3/t16-,17?,20+,23?/m1/s1. The fraction of sp³-hybridized carbons (Fsp3) is 0.435. The summed E-state index contributed by atoms with van der Waals surface area (Å²) in [7, 11) is 0. The summed E-state index contributed by atoms with van der Waals surface area (Å²) in [5.74, 6) is 1.78. The average molecular weight is 399 g/mol. The fourth-order valence-corrected chi connectivity index (χ4v) is 4.03. The summed E-state index contributed by atoms with van der Waals surface area (Å²) in [6, 6.07) is 15.2. The lowest BCUT2D eigenvalue weighted by atomic mass is 9.99. The number of aliphatic hydroxyl groups is 1. The van der Waals surface area contributed by atoms with E-state index in [1.807, 2.05) is 19.1 Å². The second-order valence-corrected chi connectivity index (χ2v) is 8.32. The van der Waals surface area contributed by atoms with Crippen molar-refractivity contribution in [1.82, 2.24) is 4.90 Å². The van der Waals surface area contributed by atoms with Gasteiger partial charge in [-0.15, -0.1) is 0 Å². The van der Waals surface area contributed by atoms with Crippen LogP contribution < -0.4 is 4.74 Å². The fourth-order valence-electron chi connectivity index (χ4n) is 3.79. The van der Waals surface area contributed by atoms with Gasteiger partial charge in [0.25, 0.3) is 0 Å². The molecule has 1 fully saturated rings. The SMILES string of the molecule is Cc1ccc(OC[C@@H]2CN(C(C)C(O)c3cc(Cl)cc(C#N)c3)C[C@H]2C)cc1. The zero-order valence-corrected chi connectivity index (χ0v) is 17.4. The second kappa shape index (κ2) is 8.96. The number of aliphatic hydroxyl groups excluding tert-OH is 1. The van der Waals surface area contributed by atoms with Crippen molar-refractivity contribution in [2.45, 2.75) is 32.9 Å². The van der Waals surface area contributed by atoms with Crippen molar-refractivity contribution in [2.24, 2.45) is 11.8 Å². The van der Waals surface area contributed by atoms with Gasteiger partial charge in [0.2, 0.25) is 0 Å². The molecular formula is C23H27ClN2O2. The van der Waals surface area contributed by atoms with Crippen molar-refractivity contribution in [3.63, 3.8) is 0 Å². The molecule has 1 saturated heterocycles. The Kier molecular flexibility index (Phi) is 6.61. The molecule has 0 bridgehead atoms. The molecule has 1 aliphatic heterocycles. The van der Waals surface area contributed by atoms with Crippen molar-refractivity contribution in [2.75, 3.05) is 19.7 Å². The Balaban J connectivity index is 1.62. The highest BCUT2D eigenvalue weighted by Gasteiger charge is 2.35. The molecule has 0 saturated carbocycles. The van der Waals surface area contributed by atoms with E-state index in [0.717, 1.165) is 18.8 Å². The van der Waals surface area contributed by atoms with Crippen LogP contribution in [0, 0.1) is 30.1 Å². The van der Waals surface area contributed by atoms with Crippen LogP contribution >= 0.6 is 11.6 Å². The molecule has 4 atom stereocenters. The van der Waals surface area contributed by atoms with Gasteiger partial charge in [-0.2, -0.15) is 5.26 Å². The summed E-state index contributed by atoms with van der Waals surface area (Å²) in [6.07, 6.45) is -0.699. The summed E-state index contributed by atoms with van der Waals surface area (Å²) < 4.78 is 5.99. The molecule has 148 valence electrons. The molecule has 3 rings (SSSR count). The van der Waals surface area contributed by atoms with E-state index in [0.29, 0.717) is 34.6 Å². The molecule has 5 heteroatoms. The molecule has 0 aliphatic carbocycles. The number of aryl methyl sites for hydroxylation is 1. The summed E-state index contributed by atoms with van der Waals surface area (Å²) in [4.78, 5) is 2.30. The van der Waals surface area contributed by atoms with Crippen molar-refractivity contribution >= 4 is 11.6 Å². The Morgan fingerprint density at radius 1 is 1.25 bits per heavy atom. The minimum Gasteiger partial charge on any atom is -0.493 e. The van der Waals surface area contributed by atoms with E-state index in [2.05, 4.69) is 36.9 Å². The maximum Gasteiger partial charge on any atom is 0.119 e. The summed E-state index contributed by atoms with van der Waals surface area (Å²) in [5, 5.41) is 20.5. The molecular weight excluding hydrogens is 372 g/mol. The van der Waals surface area contributed by atoms with E-state index in [1.165, 1.54) is 5.56 Å². The lowest BCUT2D eigenvalue weighted by Crippen LogP contribution is -2.36. The van der Waals surface area contributed by atoms with Gasteiger partial charge in [0.15, 0.2) is 0 Å². The van der Waals surface area contributed by atoms with Crippen molar-refractivity contribution in [1.29, 1.82) is 5.26 Å². The quantitative estimate of drug-likeness (QED) is 0.773. The number of nitriles is 1. The van der Waals surface area contributed by atoms with Crippen LogP contribution in [-0.4, -0.2) is 35.7 Å². The largest absolute Gasteiger partial charge is 0.493 e. The highest BCUT2D eigenvalue weighted by atomic mass is 35.5. The number of ether oxygens (including phenoxy) is 1. The van der Waals surface area contributed by atoms with E-state index in [4.69, 9.17) is 21.6 Å². The van der Waals surface area contributed by atoms with E-state index >= 15 is 0 Å². The second-order valence-electron chi connectivity index (χ2n) is 7.89. The number of rotatable bonds is 6. The summed E-state index contributed by atoms with van der Waals surface area (Å²) in [6.45, 7) is 8.76. The van der Waals surface area contributed by atoms with Crippen molar-refractivity contribution in [3.8, 4) is 11.8 Å². The summed E-state index contributed by atoms with van der Waals surface area (Å²) in [5.41, 5.74) is 2.37. The van der Waals surface area contributed by atoms with Gasteiger partial charge in [-0.05, 0) is 55.7 Å². The van der Waals surface area contributed by atoms with Crippen LogP contribution in [-0.2, 0) is 0 Å². The van der Waals surface area contributed by atoms with Gasteiger partial charge in [-0.1, -0.05) is 36.2 Å². The molecule has 0 amide bonds. The van der Waals surface area contributed by atoms with E-state index in [-0.39, 0.29) is 6.04 Å². The molecule has 0 aromatic heterocycles.